The lowest BCUT2D eigenvalue weighted by Crippen LogP contribution is -2.15. The highest BCUT2D eigenvalue weighted by molar-refractivity contribution is 7.92. The fourth-order valence-corrected chi connectivity index (χ4v) is 3.04. The fraction of sp³-hybridized carbons (Fsp3) is 0.250. The molecule has 0 fully saturated rings. The Morgan fingerprint density at radius 1 is 1.17 bits per heavy atom. The summed E-state index contributed by atoms with van der Waals surface area (Å²) in [4.78, 5) is 0. The number of aromatic amines is 1. The van der Waals surface area contributed by atoms with Crippen molar-refractivity contribution in [2.45, 2.75) is 25.8 Å². The van der Waals surface area contributed by atoms with E-state index in [9.17, 15) is 8.42 Å². The summed E-state index contributed by atoms with van der Waals surface area (Å²) in [5.41, 5.74) is 3.52. The van der Waals surface area contributed by atoms with Crippen LogP contribution in [0.5, 0.6) is 0 Å². The molecule has 0 aliphatic rings. The molecule has 0 spiro atoms. The Bertz CT molecular complexity index is 638. The van der Waals surface area contributed by atoms with Gasteiger partial charge in [-0.2, -0.15) is 13.5 Å². The van der Waals surface area contributed by atoms with E-state index in [1.165, 1.54) is 12.3 Å². The van der Waals surface area contributed by atoms with E-state index in [1.54, 1.807) is 0 Å². The standard InChI is InChI=1S/C12H15N3O2S/c1-8-6-9(2)12(10(3)7-8)15-18(16,17)11-4-5-13-14-11/h4-7,15H,1-3H3,(H,13,14). The van der Waals surface area contributed by atoms with Gasteiger partial charge >= 0.3 is 0 Å². The average Bonchev–Trinajstić information content (AvgIpc) is 2.77. The van der Waals surface area contributed by atoms with Crippen LogP contribution in [-0.4, -0.2) is 18.6 Å². The number of hydrogen-bond donors (Lipinski definition) is 2. The van der Waals surface area contributed by atoms with Crippen LogP contribution < -0.4 is 4.72 Å². The van der Waals surface area contributed by atoms with Crippen LogP contribution in [0.4, 0.5) is 5.69 Å². The Morgan fingerprint density at radius 2 is 1.78 bits per heavy atom. The first kappa shape index (κ1) is 12.6. The zero-order valence-electron chi connectivity index (χ0n) is 10.5. The summed E-state index contributed by atoms with van der Waals surface area (Å²) in [6.45, 7) is 5.74. The topological polar surface area (TPSA) is 74.8 Å². The van der Waals surface area contributed by atoms with Crippen LogP contribution in [-0.2, 0) is 10.0 Å². The normalized spacial score (nSPS) is 11.5. The average molecular weight is 265 g/mol. The van der Waals surface area contributed by atoms with Crippen molar-refractivity contribution in [2.75, 3.05) is 4.72 Å². The van der Waals surface area contributed by atoms with Gasteiger partial charge in [-0.15, -0.1) is 0 Å². The first-order chi connectivity index (χ1) is 8.40. The third-order valence-electron chi connectivity index (χ3n) is 2.68. The van der Waals surface area contributed by atoms with E-state index in [0.717, 1.165) is 16.7 Å². The number of H-pyrrole nitrogens is 1. The van der Waals surface area contributed by atoms with Crippen molar-refractivity contribution in [1.82, 2.24) is 10.2 Å². The van der Waals surface area contributed by atoms with E-state index in [1.807, 2.05) is 32.9 Å². The number of nitrogens with zero attached hydrogens (tertiary/aromatic N) is 1. The lowest BCUT2D eigenvalue weighted by Gasteiger charge is -2.13. The van der Waals surface area contributed by atoms with E-state index in [-0.39, 0.29) is 5.03 Å². The van der Waals surface area contributed by atoms with Gasteiger partial charge in [0.05, 0.1) is 11.9 Å². The molecule has 0 unspecified atom stereocenters. The minimum absolute atomic E-state index is 0.0573. The largest absolute Gasteiger partial charge is 0.278 e. The summed E-state index contributed by atoms with van der Waals surface area (Å²) in [5.74, 6) is 0. The summed E-state index contributed by atoms with van der Waals surface area (Å²) in [5, 5.41) is 6.15. The van der Waals surface area contributed by atoms with Crippen LogP contribution in [0.2, 0.25) is 0 Å². The van der Waals surface area contributed by atoms with Gasteiger partial charge in [-0.3, -0.25) is 9.82 Å². The Kier molecular flexibility index (Phi) is 3.13. The van der Waals surface area contributed by atoms with Crippen LogP contribution in [0.15, 0.2) is 29.4 Å². The van der Waals surface area contributed by atoms with Gasteiger partial charge in [-0.25, -0.2) is 0 Å². The third kappa shape index (κ3) is 2.38. The Morgan fingerprint density at radius 3 is 2.28 bits per heavy atom. The molecule has 0 bridgehead atoms. The van der Waals surface area contributed by atoms with Crippen LogP contribution in [0, 0.1) is 20.8 Å². The maximum absolute atomic E-state index is 12.1. The number of aromatic nitrogens is 2. The number of nitrogens with one attached hydrogen (secondary N) is 2. The van der Waals surface area contributed by atoms with Crippen molar-refractivity contribution in [3.63, 3.8) is 0 Å². The van der Waals surface area contributed by atoms with E-state index >= 15 is 0 Å². The van der Waals surface area contributed by atoms with Gasteiger partial charge in [0.25, 0.3) is 10.0 Å². The lowest BCUT2D eigenvalue weighted by atomic mass is 10.1. The molecule has 0 aliphatic heterocycles. The summed E-state index contributed by atoms with van der Waals surface area (Å²) < 4.78 is 26.7. The van der Waals surface area contributed by atoms with E-state index in [0.29, 0.717) is 5.69 Å². The molecule has 2 N–H and O–H groups in total. The summed E-state index contributed by atoms with van der Waals surface area (Å²) in [6.07, 6.45) is 1.41. The Labute approximate surface area is 106 Å². The van der Waals surface area contributed by atoms with Crippen LogP contribution in [0.25, 0.3) is 0 Å². The second-order valence-corrected chi connectivity index (χ2v) is 5.95. The quantitative estimate of drug-likeness (QED) is 0.892. The van der Waals surface area contributed by atoms with Gasteiger partial charge in [0.1, 0.15) is 0 Å². The maximum atomic E-state index is 12.1. The molecule has 1 aromatic heterocycles. The summed E-state index contributed by atoms with van der Waals surface area (Å²) in [6, 6.07) is 5.30. The van der Waals surface area contributed by atoms with E-state index in [2.05, 4.69) is 14.9 Å². The van der Waals surface area contributed by atoms with Crippen LogP contribution in [0.3, 0.4) is 0 Å². The molecule has 0 saturated carbocycles. The summed E-state index contributed by atoms with van der Waals surface area (Å²) in [7, 11) is -3.60. The van der Waals surface area contributed by atoms with Crippen molar-refractivity contribution < 1.29 is 8.42 Å². The van der Waals surface area contributed by atoms with Gasteiger partial charge in [-0.05, 0) is 38.0 Å². The molecule has 2 aromatic rings. The minimum Gasteiger partial charge on any atom is -0.278 e. The second kappa shape index (κ2) is 4.45. The number of sulfonamides is 1. The maximum Gasteiger partial charge on any atom is 0.278 e. The highest BCUT2D eigenvalue weighted by atomic mass is 32.2. The first-order valence-corrected chi connectivity index (χ1v) is 6.98. The monoisotopic (exact) mass is 265 g/mol. The minimum atomic E-state index is -3.60. The van der Waals surface area contributed by atoms with Gasteiger partial charge in [-0.1, -0.05) is 17.7 Å². The van der Waals surface area contributed by atoms with Crippen LogP contribution >= 0.6 is 0 Å². The molecule has 96 valence electrons. The second-order valence-electron chi connectivity index (χ2n) is 4.30. The molecule has 0 aliphatic carbocycles. The van der Waals surface area contributed by atoms with E-state index < -0.39 is 10.0 Å². The Balaban J connectivity index is 2.42. The molecule has 18 heavy (non-hydrogen) atoms. The molecule has 0 saturated heterocycles. The van der Waals surface area contributed by atoms with Gasteiger partial charge < -0.3 is 0 Å². The molecule has 5 nitrogen and oxygen atoms in total. The number of anilines is 1. The molecule has 6 heteroatoms. The van der Waals surface area contributed by atoms with Gasteiger partial charge in [0.2, 0.25) is 0 Å². The molecule has 1 aromatic carbocycles. The molecule has 2 rings (SSSR count). The molecule has 0 amide bonds. The van der Waals surface area contributed by atoms with Crippen molar-refractivity contribution in [2.24, 2.45) is 0 Å². The SMILES string of the molecule is Cc1cc(C)c(NS(=O)(=O)c2ccn[nH]2)c(C)c1. The molecular weight excluding hydrogens is 250 g/mol. The highest BCUT2D eigenvalue weighted by Crippen LogP contribution is 2.24. The molecular formula is C12H15N3O2S. The smallest absolute Gasteiger partial charge is 0.278 e. The van der Waals surface area contributed by atoms with E-state index in [4.69, 9.17) is 0 Å². The number of aryl methyl sites for hydroxylation is 3. The van der Waals surface area contributed by atoms with Gasteiger partial charge in [0, 0.05) is 0 Å². The van der Waals surface area contributed by atoms with Crippen molar-refractivity contribution in [1.29, 1.82) is 0 Å². The van der Waals surface area contributed by atoms with Crippen molar-refractivity contribution in [3.05, 3.63) is 41.1 Å². The zero-order chi connectivity index (χ0) is 13.3. The summed E-state index contributed by atoms with van der Waals surface area (Å²) >= 11 is 0. The predicted molar refractivity (Wildman–Crippen MR) is 70.0 cm³/mol. The van der Waals surface area contributed by atoms with Gasteiger partial charge in [0.15, 0.2) is 5.03 Å². The molecule has 0 atom stereocenters. The van der Waals surface area contributed by atoms with Crippen molar-refractivity contribution >= 4 is 15.7 Å². The molecule has 0 radical (unpaired) electrons. The van der Waals surface area contributed by atoms with Crippen LogP contribution in [0.1, 0.15) is 16.7 Å². The number of rotatable bonds is 3. The molecule has 1 heterocycles. The zero-order valence-corrected chi connectivity index (χ0v) is 11.3. The number of benzene rings is 1. The fourth-order valence-electron chi connectivity index (χ4n) is 1.92. The lowest BCUT2D eigenvalue weighted by molar-refractivity contribution is 0.597. The predicted octanol–water partition coefficient (Wildman–Crippen LogP) is 2.14. The third-order valence-corrected chi connectivity index (χ3v) is 3.96. The number of hydrogen-bond acceptors (Lipinski definition) is 3. The first-order valence-electron chi connectivity index (χ1n) is 5.50. The Hall–Kier alpha value is -1.82. The highest BCUT2D eigenvalue weighted by Gasteiger charge is 2.17. The van der Waals surface area contributed by atoms with Crippen molar-refractivity contribution in [3.8, 4) is 0 Å².